The minimum Gasteiger partial charge on any atom is -0.321 e. The van der Waals surface area contributed by atoms with Crippen LogP contribution in [0.4, 0.5) is 4.39 Å². The number of hydrogen-bond acceptors (Lipinski definition) is 2. The van der Waals surface area contributed by atoms with Crippen LogP contribution < -0.4 is 10.6 Å². The van der Waals surface area contributed by atoms with Crippen molar-refractivity contribution in [2.45, 2.75) is 44.9 Å². The third kappa shape index (κ3) is 4.07. The van der Waals surface area contributed by atoms with Gasteiger partial charge in [-0.1, -0.05) is 62.4 Å². The number of alkyl halides is 1. The lowest BCUT2D eigenvalue weighted by atomic mass is 9.93. The van der Waals surface area contributed by atoms with Gasteiger partial charge in [-0.2, -0.15) is 0 Å². The maximum absolute atomic E-state index is 15.0. The Morgan fingerprint density at radius 1 is 1.20 bits per heavy atom. The third-order valence-electron chi connectivity index (χ3n) is 4.75. The molecule has 1 heterocycles. The minimum absolute atomic E-state index is 0.267. The topological polar surface area (TPSA) is 41.1 Å². The van der Waals surface area contributed by atoms with Crippen molar-refractivity contribution in [1.29, 1.82) is 0 Å². The second-order valence-electron chi connectivity index (χ2n) is 6.89. The van der Waals surface area contributed by atoms with Gasteiger partial charge in [-0.15, -0.1) is 0 Å². The first-order chi connectivity index (χ1) is 12.1. The normalized spacial score (nSPS) is 18.3. The smallest absolute Gasteiger partial charge is 0.239 e. The summed E-state index contributed by atoms with van der Waals surface area (Å²) >= 11 is 0. The fraction of sp³-hybridized carbons (Fsp3) is 0.381. The summed E-state index contributed by atoms with van der Waals surface area (Å²) in [5, 5.41) is 5.63. The summed E-state index contributed by atoms with van der Waals surface area (Å²) in [5.41, 5.74) is 3.44. The van der Waals surface area contributed by atoms with E-state index in [1.165, 1.54) is 0 Å². The molecule has 2 aromatic rings. The van der Waals surface area contributed by atoms with Crippen molar-refractivity contribution < 1.29 is 9.18 Å². The molecule has 0 bridgehead atoms. The first kappa shape index (κ1) is 17.6. The monoisotopic (exact) mass is 340 g/mol. The summed E-state index contributed by atoms with van der Waals surface area (Å²) in [6.45, 7) is 5.04. The molecule has 1 aliphatic rings. The molecule has 0 spiro atoms. The molecule has 0 radical (unpaired) electrons. The van der Waals surface area contributed by atoms with E-state index in [4.69, 9.17) is 0 Å². The van der Waals surface area contributed by atoms with Gasteiger partial charge in [-0.05, 0) is 42.0 Å². The second kappa shape index (κ2) is 7.79. The van der Waals surface area contributed by atoms with Crippen molar-refractivity contribution in [3.05, 3.63) is 59.7 Å². The summed E-state index contributed by atoms with van der Waals surface area (Å²) in [6, 6.07) is 15.2. The highest BCUT2D eigenvalue weighted by molar-refractivity contribution is 5.82. The molecule has 1 fully saturated rings. The van der Waals surface area contributed by atoms with E-state index < -0.39 is 6.30 Å². The lowest BCUT2D eigenvalue weighted by molar-refractivity contribution is -0.124. The van der Waals surface area contributed by atoms with E-state index in [1.807, 2.05) is 42.5 Å². The number of carbonyl (C=O) groups is 1. The maximum atomic E-state index is 15.0. The van der Waals surface area contributed by atoms with Crippen LogP contribution in [0.25, 0.3) is 11.1 Å². The van der Waals surface area contributed by atoms with Crippen LogP contribution in [0.2, 0.25) is 0 Å². The summed E-state index contributed by atoms with van der Waals surface area (Å²) in [4.78, 5) is 12.2. The molecule has 0 aliphatic carbocycles. The highest BCUT2D eigenvalue weighted by atomic mass is 19.1. The molecule has 0 saturated carbocycles. The molecule has 2 aromatic carbocycles. The van der Waals surface area contributed by atoms with Gasteiger partial charge in [0.25, 0.3) is 0 Å². The van der Waals surface area contributed by atoms with Crippen molar-refractivity contribution in [3.63, 3.8) is 0 Å². The Kier molecular flexibility index (Phi) is 5.49. The Morgan fingerprint density at radius 2 is 1.96 bits per heavy atom. The van der Waals surface area contributed by atoms with Gasteiger partial charge in [-0.25, -0.2) is 4.39 Å². The summed E-state index contributed by atoms with van der Waals surface area (Å²) in [5.74, 6) is 0.0869. The number of carbonyl (C=O) groups excluding carboxylic acids is 1. The zero-order valence-electron chi connectivity index (χ0n) is 14.8. The molecule has 3 nitrogen and oxygen atoms in total. The zero-order chi connectivity index (χ0) is 17.8. The van der Waals surface area contributed by atoms with E-state index in [0.717, 1.165) is 36.1 Å². The van der Waals surface area contributed by atoms with Crippen LogP contribution >= 0.6 is 0 Å². The van der Waals surface area contributed by atoms with Crippen molar-refractivity contribution in [3.8, 4) is 11.1 Å². The van der Waals surface area contributed by atoms with Crippen LogP contribution in [-0.2, 0) is 4.79 Å². The van der Waals surface area contributed by atoms with Gasteiger partial charge in [0.15, 0.2) is 6.30 Å². The van der Waals surface area contributed by atoms with Crippen LogP contribution in [0.1, 0.15) is 50.0 Å². The standard InChI is InChI=1S/C21H25FN2O/c1-14(2)16-10-11-17(18(13-16)15-7-4-3-5-8-15)20(22)24-21(25)19-9-6-12-23-19/h3-5,7-8,10-11,13-14,19-20,23H,6,9,12H2,1-2H3,(H,24,25)/t19?,20-/m1/s1. The molecule has 3 rings (SSSR count). The van der Waals surface area contributed by atoms with Crippen molar-refractivity contribution in [2.75, 3.05) is 6.54 Å². The van der Waals surface area contributed by atoms with Crippen LogP contribution in [0.5, 0.6) is 0 Å². The molecule has 25 heavy (non-hydrogen) atoms. The fourth-order valence-corrected chi connectivity index (χ4v) is 3.23. The highest BCUT2D eigenvalue weighted by Gasteiger charge is 2.26. The highest BCUT2D eigenvalue weighted by Crippen LogP contribution is 2.32. The van der Waals surface area contributed by atoms with Crippen LogP contribution in [0.15, 0.2) is 48.5 Å². The number of hydrogen-bond donors (Lipinski definition) is 2. The SMILES string of the molecule is CC(C)c1ccc([C@H](F)NC(=O)C2CCCN2)c(-c2ccccc2)c1. The van der Waals surface area contributed by atoms with Gasteiger partial charge < -0.3 is 10.6 Å². The average Bonchev–Trinajstić information content (AvgIpc) is 3.16. The molecule has 1 amide bonds. The Labute approximate surface area is 148 Å². The van der Waals surface area contributed by atoms with Gasteiger partial charge in [0.2, 0.25) is 5.91 Å². The summed E-state index contributed by atoms with van der Waals surface area (Å²) in [7, 11) is 0. The quantitative estimate of drug-likeness (QED) is 0.796. The molecule has 2 N–H and O–H groups in total. The number of amides is 1. The number of rotatable bonds is 5. The van der Waals surface area contributed by atoms with Crippen LogP contribution in [0.3, 0.4) is 0 Å². The molecule has 0 aromatic heterocycles. The number of halogens is 1. The summed E-state index contributed by atoms with van der Waals surface area (Å²) < 4.78 is 15.0. The van der Waals surface area contributed by atoms with Gasteiger partial charge in [0.1, 0.15) is 0 Å². The van der Waals surface area contributed by atoms with E-state index in [9.17, 15) is 9.18 Å². The zero-order valence-corrected chi connectivity index (χ0v) is 14.8. The second-order valence-corrected chi connectivity index (χ2v) is 6.89. The van der Waals surface area contributed by atoms with Crippen molar-refractivity contribution in [2.24, 2.45) is 0 Å². The lowest BCUT2D eigenvalue weighted by Crippen LogP contribution is -2.41. The molecule has 132 valence electrons. The van der Waals surface area contributed by atoms with E-state index >= 15 is 0 Å². The molecule has 1 aliphatic heterocycles. The summed E-state index contributed by atoms with van der Waals surface area (Å²) in [6.07, 6.45) is 0.190. The Hall–Kier alpha value is -2.20. The molecule has 4 heteroatoms. The van der Waals surface area contributed by atoms with Crippen molar-refractivity contribution >= 4 is 5.91 Å². The Bertz CT molecular complexity index is 724. The number of nitrogens with one attached hydrogen (secondary N) is 2. The predicted molar refractivity (Wildman–Crippen MR) is 99.0 cm³/mol. The van der Waals surface area contributed by atoms with Gasteiger partial charge in [0, 0.05) is 5.56 Å². The van der Waals surface area contributed by atoms with E-state index in [0.29, 0.717) is 11.5 Å². The van der Waals surface area contributed by atoms with E-state index in [2.05, 4.69) is 24.5 Å². The molecule has 1 saturated heterocycles. The van der Waals surface area contributed by atoms with Crippen molar-refractivity contribution in [1.82, 2.24) is 10.6 Å². The first-order valence-corrected chi connectivity index (χ1v) is 8.93. The largest absolute Gasteiger partial charge is 0.321 e. The van der Waals surface area contributed by atoms with Gasteiger partial charge in [0.05, 0.1) is 6.04 Å². The molecule has 1 unspecified atom stereocenters. The fourth-order valence-electron chi connectivity index (χ4n) is 3.23. The lowest BCUT2D eigenvalue weighted by Gasteiger charge is -2.19. The predicted octanol–water partition coefficient (Wildman–Crippen LogP) is 4.31. The third-order valence-corrected chi connectivity index (χ3v) is 4.75. The van der Waals surface area contributed by atoms with Gasteiger partial charge in [-0.3, -0.25) is 4.79 Å². The van der Waals surface area contributed by atoms with Gasteiger partial charge >= 0.3 is 0 Å². The molecular weight excluding hydrogens is 315 g/mol. The van der Waals surface area contributed by atoms with Crippen LogP contribution in [-0.4, -0.2) is 18.5 Å². The van der Waals surface area contributed by atoms with Crippen LogP contribution in [0, 0.1) is 0 Å². The Balaban J connectivity index is 1.90. The first-order valence-electron chi connectivity index (χ1n) is 8.93. The van der Waals surface area contributed by atoms with E-state index in [1.54, 1.807) is 6.07 Å². The van der Waals surface area contributed by atoms with E-state index in [-0.39, 0.29) is 11.9 Å². The maximum Gasteiger partial charge on any atom is 0.239 e. The average molecular weight is 340 g/mol. The molecular formula is C21H25FN2O. The minimum atomic E-state index is -1.52. The molecule has 2 atom stereocenters. The Morgan fingerprint density at radius 3 is 2.60 bits per heavy atom. The number of benzene rings is 2.